The van der Waals surface area contributed by atoms with Gasteiger partial charge in [0.05, 0.1) is 5.69 Å². The third-order valence-corrected chi connectivity index (χ3v) is 5.82. The molecular formula is C18H18BrN. The van der Waals surface area contributed by atoms with Gasteiger partial charge in [0.2, 0.25) is 0 Å². The molecule has 2 atom stereocenters. The highest BCUT2D eigenvalue weighted by molar-refractivity contribution is 9.10. The van der Waals surface area contributed by atoms with Crippen molar-refractivity contribution in [2.75, 3.05) is 0 Å². The Bertz CT molecular complexity index is 691. The van der Waals surface area contributed by atoms with E-state index >= 15 is 0 Å². The zero-order chi connectivity index (χ0) is 14.0. The molecule has 1 aromatic carbocycles. The summed E-state index contributed by atoms with van der Waals surface area (Å²) >= 11 is 3.45. The van der Waals surface area contributed by atoms with Crippen molar-refractivity contribution >= 4 is 15.9 Å². The van der Waals surface area contributed by atoms with Crippen LogP contribution in [0.1, 0.15) is 44.2 Å². The fraction of sp³-hybridized carbons (Fsp3) is 0.389. The molecule has 0 aliphatic heterocycles. The van der Waals surface area contributed by atoms with Crippen LogP contribution in [0.2, 0.25) is 0 Å². The Kier molecular flexibility index (Phi) is 2.48. The predicted octanol–water partition coefficient (Wildman–Crippen LogP) is 5.22. The van der Waals surface area contributed by atoms with Gasteiger partial charge in [-0.25, -0.2) is 0 Å². The number of rotatable bonds is 1. The molecule has 4 rings (SSSR count). The number of fused-ring (bicyclic) bond motifs is 5. The van der Waals surface area contributed by atoms with Gasteiger partial charge in [0, 0.05) is 16.2 Å². The lowest BCUT2D eigenvalue weighted by molar-refractivity contribution is 0.484. The molecule has 0 radical (unpaired) electrons. The molecule has 0 spiro atoms. The summed E-state index contributed by atoms with van der Waals surface area (Å²) in [5.74, 6) is 0. The summed E-state index contributed by atoms with van der Waals surface area (Å²) < 4.78 is 1.03. The van der Waals surface area contributed by atoms with Gasteiger partial charge in [-0.3, -0.25) is 4.98 Å². The van der Waals surface area contributed by atoms with Crippen molar-refractivity contribution in [1.82, 2.24) is 4.98 Å². The van der Waals surface area contributed by atoms with Gasteiger partial charge >= 0.3 is 0 Å². The highest BCUT2D eigenvalue weighted by Gasteiger charge is 2.52. The van der Waals surface area contributed by atoms with Gasteiger partial charge in [-0.1, -0.05) is 26.0 Å². The first-order valence-corrected chi connectivity index (χ1v) is 8.07. The lowest BCUT2D eigenvalue weighted by Gasteiger charge is -2.27. The van der Waals surface area contributed by atoms with Crippen LogP contribution >= 0.6 is 15.9 Å². The van der Waals surface area contributed by atoms with Gasteiger partial charge in [-0.15, -0.1) is 0 Å². The van der Waals surface area contributed by atoms with Gasteiger partial charge in [0.25, 0.3) is 0 Å². The van der Waals surface area contributed by atoms with E-state index in [9.17, 15) is 0 Å². The van der Waals surface area contributed by atoms with Crippen LogP contribution in [-0.4, -0.2) is 4.98 Å². The first-order chi connectivity index (χ1) is 9.50. The van der Waals surface area contributed by atoms with E-state index in [2.05, 4.69) is 65.1 Å². The zero-order valence-electron chi connectivity index (χ0n) is 11.9. The van der Waals surface area contributed by atoms with Crippen LogP contribution in [-0.2, 0) is 10.8 Å². The van der Waals surface area contributed by atoms with Crippen LogP contribution < -0.4 is 0 Å². The Morgan fingerprint density at radius 2 is 1.75 bits per heavy atom. The number of aromatic nitrogens is 1. The minimum atomic E-state index is 0.384. The van der Waals surface area contributed by atoms with Crippen LogP contribution in [0.4, 0.5) is 0 Å². The summed E-state index contributed by atoms with van der Waals surface area (Å²) in [6.45, 7) is 4.87. The molecular weight excluding hydrogens is 310 g/mol. The van der Waals surface area contributed by atoms with Crippen molar-refractivity contribution in [1.29, 1.82) is 0 Å². The molecule has 1 aromatic heterocycles. The maximum Gasteiger partial charge on any atom is 0.0702 e. The summed E-state index contributed by atoms with van der Waals surface area (Å²) in [5, 5.41) is 0. The van der Waals surface area contributed by atoms with E-state index in [1.54, 1.807) is 11.1 Å². The van der Waals surface area contributed by atoms with Gasteiger partial charge in [-0.05, 0) is 75.3 Å². The number of benzene rings is 1. The van der Waals surface area contributed by atoms with Crippen molar-refractivity contribution in [3.63, 3.8) is 0 Å². The Hall–Kier alpha value is -1.15. The summed E-state index contributed by atoms with van der Waals surface area (Å²) in [5.41, 5.74) is 6.24. The fourth-order valence-electron chi connectivity index (χ4n) is 4.33. The monoisotopic (exact) mass is 327 g/mol. The van der Waals surface area contributed by atoms with E-state index < -0.39 is 0 Å². The standard InChI is InChI=1S/C18H18BrN/c1-17-7-8-18(2,11-17)15-9-12(3-5-14(15)17)16-6-4-13(19)10-20-16/h3-6,9-10H,7-8,11H2,1-2H3. The van der Waals surface area contributed by atoms with E-state index in [0.29, 0.717) is 10.8 Å². The number of pyridine rings is 1. The molecule has 2 aliphatic carbocycles. The third-order valence-electron chi connectivity index (χ3n) is 5.35. The van der Waals surface area contributed by atoms with Crippen LogP contribution in [0.3, 0.4) is 0 Å². The van der Waals surface area contributed by atoms with Crippen LogP contribution in [0.5, 0.6) is 0 Å². The second-order valence-corrected chi connectivity index (χ2v) is 7.84. The average Bonchev–Trinajstić information content (AvgIpc) is 2.87. The minimum Gasteiger partial charge on any atom is -0.255 e. The van der Waals surface area contributed by atoms with Crippen molar-refractivity contribution in [2.45, 2.75) is 43.9 Å². The SMILES string of the molecule is CC12CCC(C)(C1)c1cc(-c3ccc(Br)cn3)ccc12. The molecule has 1 fully saturated rings. The van der Waals surface area contributed by atoms with E-state index in [1.807, 2.05) is 6.20 Å². The highest BCUT2D eigenvalue weighted by atomic mass is 79.9. The van der Waals surface area contributed by atoms with E-state index in [4.69, 9.17) is 0 Å². The molecule has 1 nitrogen and oxygen atoms in total. The number of hydrogen-bond donors (Lipinski definition) is 0. The summed E-state index contributed by atoms with van der Waals surface area (Å²) in [6, 6.07) is 11.1. The number of hydrogen-bond acceptors (Lipinski definition) is 1. The van der Waals surface area contributed by atoms with E-state index in [0.717, 1.165) is 10.2 Å². The molecule has 102 valence electrons. The largest absolute Gasteiger partial charge is 0.255 e. The van der Waals surface area contributed by atoms with Crippen molar-refractivity contribution in [3.05, 3.63) is 52.1 Å². The lowest BCUT2D eigenvalue weighted by atomic mass is 9.77. The maximum absolute atomic E-state index is 4.53. The topological polar surface area (TPSA) is 12.9 Å². The molecule has 20 heavy (non-hydrogen) atoms. The molecule has 0 amide bonds. The van der Waals surface area contributed by atoms with Gasteiger partial charge in [0.15, 0.2) is 0 Å². The van der Waals surface area contributed by atoms with Crippen molar-refractivity contribution in [3.8, 4) is 11.3 Å². The van der Waals surface area contributed by atoms with Crippen molar-refractivity contribution < 1.29 is 0 Å². The number of nitrogens with zero attached hydrogens (tertiary/aromatic N) is 1. The van der Waals surface area contributed by atoms with Crippen LogP contribution in [0.25, 0.3) is 11.3 Å². The first-order valence-electron chi connectivity index (χ1n) is 7.27. The molecule has 2 aromatic rings. The van der Waals surface area contributed by atoms with E-state index in [-0.39, 0.29) is 0 Å². The quantitative estimate of drug-likeness (QED) is 0.699. The van der Waals surface area contributed by atoms with Crippen molar-refractivity contribution in [2.24, 2.45) is 0 Å². The summed E-state index contributed by atoms with van der Waals surface area (Å²) in [6.07, 6.45) is 5.85. The molecule has 1 saturated carbocycles. The number of halogens is 1. The zero-order valence-corrected chi connectivity index (χ0v) is 13.5. The molecule has 0 saturated heterocycles. The molecule has 1 heterocycles. The summed E-state index contributed by atoms with van der Waals surface area (Å²) in [7, 11) is 0. The fourth-order valence-corrected chi connectivity index (χ4v) is 4.56. The van der Waals surface area contributed by atoms with E-state index in [1.165, 1.54) is 24.8 Å². The van der Waals surface area contributed by atoms with Gasteiger partial charge in [-0.2, -0.15) is 0 Å². The predicted molar refractivity (Wildman–Crippen MR) is 85.9 cm³/mol. The minimum absolute atomic E-state index is 0.384. The molecule has 2 heteroatoms. The second kappa shape index (κ2) is 3.94. The maximum atomic E-state index is 4.53. The molecule has 0 N–H and O–H groups in total. The molecule has 2 unspecified atom stereocenters. The lowest BCUT2D eigenvalue weighted by Crippen LogP contribution is -2.17. The second-order valence-electron chi connectivity index (χ2n) is 6.92. The normalized spacial score (nSPS) is 30.6. The third kappa shape index (κ3) is 1.64. The van der Waals surface area contributed by atoms with Gasteiger partial charge in [0.1, 0.15) is 0 Å². The Labute approximate surface area is 128 Å². The highest BCUT2D eigenvalue weighted by Crippen LogP contribution is 2.60. The Balaban J connectivity index is 1.85. The average molecular weight is 328 g/mol. The van der Waals surface area contributed by atoms with Gasteiger partial charge < -0.3 is 0 Å². The first kappa shape index (κ1) is 12.6. The Morgan fingerprint density at radius 3 is 2.45 bits per heavy atom. The smallest absolute Gasteiger partial charge is 0.0702 e. The summed E-state index contributed by atoms with van der Waals surface area (Å²) in [4.78, 5) is 4.53. The van der Waals surface area contributed by atoms with Crippen LogP contribution in [0, 0.1) is 0 Å². The Morgan fingerprint density at radius 1 is 1.00 bits per heavy atom. The van der Waals surface area contributed by atoms with Crippen LogP contribution in [0.15, 0.2) is 41.0 Å². The molecule has 2 bridgehead atoms. The molecule has 2 aliphatic rings.